The van der Waals surface area contributed by atoms with E-state index in [1.165, 1.54) is 11.0 Å². The van der Waals surface area contributed by atoms with Gasteiger partial charge >= 0.3 is 5.97 Å². The molecule has 1 amide bonds. The number of aryl methyl sites for hydroxylation is 2. The number of hydrogen-bond acceptors (Lipinski definition) is 4. The van der Waals surface area contributed by atoms with Crippen molar-refractivity contribution in [2.24, 2.45) is 5.92 Å². The summed E-state index contributed by atoms with van der Waals surface area (Å²) in [6.07, 6.45) is 0. The third-order valence-electron chi connectivity index (χ3n) is 3.17. The van der Waals surface area contributed by atoms with Crippen LogP contribution in [0.15, 0.2) is 12.1 Å². The van der Waals surface area contributed by atoms with Crippen LogP contribution in [0, 0.1) is 29.9 Å². The normalized spacial score (nSPS) is 10.6. The Kier molecular flexibility index (Phi) is 5.62. The molecular formula is C15H20N2O5. The largest absolute Gasteiger partial charge is 0.480 e. The molecule has 1 aromatic rings. The Hall–Kier alpha value is -2.44. The van der Waals surface area contributed by atoms with Crippen LogP contribution in [-0.2, 0) is 4.79 Å². The summed E-state index contributed by atoms with van der Waals surface area (Å²) in [5.41, 5.74) is 1.08. The molecule has 1 rings (SSSR count). The van der Waals surface area contributed by atoms with E-state index in [4.69, 9.17) is 5.11 Å². The van der Waals surface area contributed by atoms with Gasteiger partial charge in [0.05, 0.1) is 4.92 Å². The van der Waals surface area contributed by atoms with E-state index in [0.717, 1.165) is 0 Å². The molecule has 7 heteroatoms. The molecule has 0 aliphatic rings. The zero-order valence-electron chi connectivity index (χ0n) is 13.1. The van der Waals surface area contributed by atoms with Gasteiger partial charge in [-0.25, -0.2) is 0 Å². The van der Waals surface area contributed by atoms with Crippen molar-refractivity contribution in [3.8, 4) is 0 Å². The minimum absolute atomic E-state index is 0.0871. The molecule has 0 atom stereocenters. The molecule has 0 bridgehead atoms. The Morgan fingerprint density at radius 2 is 1.86 bits per heavy atom. The molecule has 0 heterocycles. The number of hydrogen-bond donors (Lipinski definition) is 1. The van der Waals surface area contributed by atoms with Crippen LogP contribution in [0.2, 0.25) is 0 Å². The monoisotopic (exact) mass is 308 g/mol. The van der Waals surface area contributed by atoms with Crippen molar-refractivity contribution in [2.45, 2.75) is 27.7 Å². The highest BCUT2D eigenvalue weighted by Crippen LogP contribution is 2.24. The van der Waals surface area contributed by atoms with E-state index in [-0.39, 0.29) is 23.7 Å². The van der Waals surface area contributed by atoms with E-state index in [1.54, 1.807) is 19.9 Å². The molecule has 7 nitrogen and oxygen atoms in total. The van der Waals surface area contributed by atoms with Crippen LogP contribution >= 0.6 is 0 Å². The summed E-state index contributed by atoms with van der Waals surface area (Å²) in [5, 5.41) is 20.0. The molecule has 22 heavy (non-hydrogen) atoms. The van der Waals surface area contributed by atoms with E-state index in [9.17, 15) is 19.7 Å². The first kappa shape index (κ1) is 17.6. The second-order valence-corrected chi connectivity index (χ2v) is 5.68. The molecule has 1 N–H and O–H groups in total. The quantitative estimate of drug-likeness (QED) is 0.642. The molecular weight excluding hydrogens is 288 g/mol. The second-order valence-electron chi connectivity index (χ2n) is 5.68. The van der Waals surface area contributed by atoms with Gasteiger partial charge < -0.3 is 10.0 Å². The Morgan fingerprint density at radius 1 is 1.27 bits per heavy atom. The van der Waals surface area contributed by atoms with Crippen molar-refractivity contribution in [1.82, 2.24) is 4.90 Å². The number of carboxylic acid groups (broad SMARTS) is 1. The number of nitro benzene ring substituents is 1. The van der Waals surface area contributed by atoms with Gasteiger partial charge in [0.25, 0.3) is 11.6 Å². The summed E-state index contributed by atoms with van der Waals surface area (Å²) in [7, 11) is 0. The van der Waals surface area contributed by atoms with Crippen LogP contribution < -0.4 is 0 Å². The highest BCUT2D eigenvalue weighted by atomic mass is 16.6. The molecule has 0 spiro atoms. The van der Waals surface area contributed by atoms with Crippen LogP contribution in [0.4, 0.5) is 5.69 Å². The van der Waals surface area contributed by atoms with Gasteiger partial charge in [-0.3, -0.25) is 19.7 Å². The summed E-state index contributed by atoms with van der Waals surface area (Å²) >= 11 is 0. The lowest BCUT2D eigenvalue weighted by Gasteiger charge is -2.23. The van der Waals surface area contributed by atoms with Gasteiger partial charge in [0, 0.05) is 23.7 Å². The summed E-state index contributed by atoms with van der Waals surface area (Å²) in [6, 6.07) is 2.79. The zero-order valence-corrected chi connectivity index (χ0v) is 13.1. The molecule has 0 saturated carbocycles. The SMILES string of the molecule is Cc1cc(C)c([N+](=O)[O-])cc1C(=O)N(CC(=O)O)CC(C)C. The standard InChI is InChI=1S/C15H20N2O5/c1-9(2)7-16(8-14(18)19)15(20)12-6-13(17(21)22)11(4)5-10(12)3/h5-6,9H,7-8H2,1-4H3,(H,18,19). The molecule has 0 fully saturated rings. The Balaban J connectivity index is 3.25. The van der Waals surface area contributed by atoms with Crippen LogP contribution in [0.5, 0.6) is 0 Å². The van der Waals surface area contributed by atoms with E-state index in [1.807, 2.05) is 13.8 Å². The fraction of sp³-hybridized carbons (Fsp3) is 0.467. The summed E-state index contributed by atoms with van der Waals surface area (Å²) in [6.45, 7) is 6.85. The van der Waals surface area contributed by atoms with Crippen LogP contribution in [0.3, 0.4) is 0 Å². The lowest BCUT2D eigenvalue weighted by atomic mass is 10.0. The van der Waals surface area contributed by atoms with Crippen LogP contribution in [0.25, 0.3) is 0 Å². The highest BCUT2D eigenvalue weighted by Gasteiger charge is 2.24. The van der Waals surface area contributed by atoms with E-state index in [2.05, 4.69) is 0 Å². The minimum atomic E-state index is -1.12. The van der Waals surface area contributed by atoms with Gasteiger partial charge in [-0.15, -0.1) is 0 Å². The molecule has 120 valence electrons. The van der Waals surface area contributed by atoms with Gasteiger partial charge in [-0.05, 0) is 31.4 Å². The fourth-order valence-corrected chi connectivity index (χ4v) is 2.26. The molecule has 0 aromatic heterocycles. The molecule has 0 radical (unpaired) electrons. The number of carbonyl (C=O) groups excluding carboxylic acids is 1. The lowest BCUT2D eigenvalue weighted by Crippen LogP contribution is -2.38. The van der Waals surface area contributed by atoms with Crippen molar-refractivity contribution in [1.29, 1.82) is 0 Å². The third kappa shape index (κ3) is 4.28. The first-order valence-corrected chi connectivity index (χ1v) is 6.90. The van der Waals surface area contributed by atoms with Gasteiger partial charge in [0.2, 0.25) is 0 Å². The van der Waals surface area contributed by atoms with Gasteiger partial charge in [0.1, 0.15) is 6.54 Å². The highest BCUT2D eigenvalue weighted by molar-refractivity contribution is 5.98. The van der Waals surface area contributed by atoms with E-state index < -0.39 is 23.3 Å². The lowest BCUT2D eigenvalue weighted by molar-refractivity contribution is -0.385. The first-order chi connectivity index (χ1) is 10.1. The number of nitro groups is 1. The molecule has 0 aliphatic carbocycles. The second kappa shape index (κ2) is 7.02. The number of amides is 1. The third-order valence-corrected chi connectivity index (χ3v) is 3.17. The van der Waals surface area contributed by atoms with Gasteiger partial charge in [-0.2, -0.15) is 0 Å². The van der Waals surface area contributed by atoms with E-state index in [0.29, 0.717) is 11.1 Å². The van der Waals surface area contributed by atoms with E-state index >= 15 is 0 Å². The average molecular weight is 308 g/mol. The topological polar surface area (TPSA) is 101 Å². The minimum Gasteiger partial charge on any atom is -0.480 e. The van der Waals surface area contributed by atoms with Crippen molar-refractivity contribution in [2.75, 3.05) is 13.1 Å². The predicted molar refractivity (Wildman–Crippen MR) is 80.9 cm³/mol. The molecule has 0 aliphatic heterocycles. The smallest absolute Gasteiger partial charge is 0.323 e. The number of carboxylic acids is 1. The number of rotatable bonds is 6. The first-order valence-electron chi connectivity index (χ1n) is 6.90. The molecule has 0 unspecified atom stereocenters. The van der Waals surface area contributed by atoms with Crippen molar-refractivity contribution in [3.05, 3.63) is 38.9 Å². The number of carbonyl (C=O) groups is 2. The number of aliphatic carboxylic acids is 1. The zero-order chi connectivity index (χ0) is 17.0. The maximum Gasteiger partial charge on any atom is 0.323 e. The summed E-state index contributed by atoms with van der Waals surface area (Å²) in [4.78, 5) is 35.2. The summed E-state index contributed by atoms with van der Waals surface area (Å²) in [5.74, 6) is -1.53. The van der Waals surface area contributed by atoms with Gasteiger partial charge in [0.15, 0.2) is 0 Å². The summed E-state index contributed by atoms with van der Waals surface area (Å²) < 4.78 is 0. The maximum atomic E-state index is 12.6. The Morgan fingerprint density at radius 3 is 2.32 bits per heavy atom. The Bertz CT molecular complexity index is 610. The van der Waals surface area contributed by atoms with Gasteiger partial charge in [-0.1, -0.05) is 13.8 Å². The average Bonchev–Trinajstić information content (AvgIpc) is 2.35. The predicted octanol–water partition coefficient (Wildman–Crippen LogP) is 2.39. The van der Waals surface area contributed by atoms with Crippen LogP contribution in [-0.4, -0.2) is 39.9 Å². The van der Waals surface area contributed by atoms with Crippen molar-refractivity contribution in [3.63, 3.8) is 0 Å². The number of nitrogens with zero attached hydrogens (tertiary/aromatic N) is 2. The van der Waals surface area contributed by atoms with Crippen LogP contribution in [0.1, 0.15) is 35.3 Å². The molecule has 0 saturated heterocycles. The Labute approximate surface area is 128 Å². The fourth-order valence-electron chi connectivity index (χ4n) is 2.26. The molecule has 1 aromatic carbocycles. The maximum absolute atomic E-state index is 12.6. The van der Waals surface area contributed by atoms with Crippen molar-refractivity contribution < 1.29 is 19.6 Å². The van der Waals surface area contributed by atoms with Crippen molar-refractivity contribution >= 4 is 17.6 Å². The number of benzene rings is 1.